The van der Waals surface area contributed by atoms with Crippen molar-refractivity contribution < 1.29 is 13.2 Å². The van der Waals surface area contributed by atoms with E-state index in [1.165, 1.54) is 18.2 Å². The number of nitrogens with one attached hydrogen (secondary N) is 1. The zero-order chi connectivity index (χ0) is 13.2. The van der Waals surface area contributed by atoms with Gasteiger partial charge in [0.1, 0.15) is 0 Å². The molecule has 0 heterocycles. The van der Waals surface area contributed by atoms with Gasteiger partial charge in [-0.2, -0.15) is 0 Å². The number of hydrogen-bond donors (Lipinski definition) is 1. The smallest absolute Gasteiger partial charge is 0.262 e. The Labute approximate surface area is 113 Å². The summed E-state index contributed by atoms with van der Waals surface area (Å²) in [6.07, 6.45) is 0. The summed E-state index contributed by atoms with van der Waals surface area (Å²) in [4.78, 5) is 11.4. The summed E-state index contributed by atoms with van der Waals surface area (Å²) < 4.78 is 22.6. The Kier molecular flexibility index (Phi) is 4.57. The van der Waals surface area contributed by atoms with E-state index in [1.54, 1.807) is 13.8 Å². The van der Waals surface area contributed by atoms with E-state index in [2.05, 4.69) is 21.2 Å². The van der Waals surface area contributed by atoms with Crippen molar-refractivity contribution in [2.24, 2.45) is 5.92 Å². The summed E-state index contributed by atoms with van der Waals surface area (Å²) in [6.45, 7) is 3.53. The highest BCUT2D eigenvalue weighted by Crippen LogP contribution is 2.28. The van der Waals surface area contributed by atoms with Gasteiger partial charge in [0.15, 0.2) is 0 Å². The van der Waals surface area contributed by atoms with Crippen LogP contribution in [0, 0.1) is 5.92 Å². The van der Waals surface area contributed by atoms with Crippen LogP contribution in [0.15, 0.2) is 27.6 Å². The average Bonchev–Trinajstić information content (AvgIpc) is 2.15. The molecule has 0 unspecified atom stereocenters. The third-order valence-corrected chi connectivity index (χ3v) is 4.29. The molecule has 0 aliphatic heterocycles. The maximum atomic E-state index is 11.4. The van der Waals surface area contributed by atoms with Crippen LogP contribution in [-0.2, 0) is 13.8 Å². The SMILES string of the molecule is CC(C)C(=O)Nc1ccc(S(=O)(=O)Cl)c(Br)c1. The number of hydrogen-bond acceptors (Lipinski definition) is 3. The van der Waals surface area contributed by atoms with Gasteiger partial charge in [-0.05, 0) is 34.1 Å². The molecule has 0 aromatic heterocycles. The van der Waals surface area contributed by atoms with E-state index in [1.807, 2.05) is 0 Å². The van der Waals surface area contributed by atoms with Crippen molar-refractivity contribution >= 4 is 47.3 Å². The molecule has 1 N–H and O–H groups in total. The van der Waals surface area contributed by atoms with Gasteiger partial charge >= 0.3 is 0 Å². The second-order valence-electron chi connectivity index (χ2n) is 3.73. The Morgan fingerprint density at radius 1 is 1.41 bits per heavy atom. The molecule has 0 bridgehead atoms. The molecule has 1 amide bonds. The van der Waals surface area contributed by atoms with Gasteiger partial charge in [-0.15, -0.1) is 0 Å². The van der Waals surface area contributed by atoms with Crippen LogP contribution in [0.2, 0.25) is 0 Å². The minimum Gasteiger partial charge on any atom is -0.326 e. The average molecular weight is 341 g/mol. The minimum atomic E-state index is -3.78. The first-order chi connectivity index (χ1) is 7.71. The number of carbonyl (C=O) groups is 1. The topological polar surface area (TPSA) is 63.2 Å². The Hall–Kier alpha value is -0.590. The largest absolute Gasteiger partial charge is 0.326 e. The Balaban J connectivity index is 3.02. The fourth-order valence-corrected chi connectivity index (χ4v) is 3.29. The van der Waals surface area contributed by atoms with Gasteiger partial charge < -0.3 is 5.32 Å². The van der Waals surface area contributed by atoms with E-state index in [0.717, 1.165) is 0 Å². The molecule has 0 saturated heterocycles. The molecule has 4 nitrogen and oxygen atoms in total. The summed E-state index contributed by atoms with van der Waals surface area (Å²) in [7, 11) is 1.44. The van der Waals surface area contributed by atoms with E-state index >= 15 is 0 Å². The van der Waals surface area contributed by atoms with Crippen molar-refractivity contribution in [3.63, 3.8) is 0 Å². The molecular weight excluding hydrogens is 330 g/mol. The zero-order valence-electron chi connectivity index (χ0n) is 9.20. The first-order valence-electron chi connectivity index (χ1n) is 4.77. The van der Waals surface area contributed by atoms with Crippen molar-refractivity contribution in [1.82, 2.24) is 0 Å². The molecule has 94 valence electrons. The van der Waals surface area contributed by atoms with Crippen LogP contribution < -0.4 is 5.32 Å². The number of rotatable bonds is 3. The van der Waals surface area contributed by atoms with Gasteiger partial charge in [-0.1, -0.05) is 13.8 Å². The highest BCUT2D eigenvalue weighted by Gasteiger charge is 2.15. The predicted octanol–water partition coefficient (Wildman–Crippen LogP) is 2.97. The molecule has 0 spiro atoms. The normalized spacial score (nSPS) is 11.6. The molecule has 7 heteroatoms. The van der Waals surface area contributed by atoms with Gasteiger partial charge in [0.2, 0.25) is 5.91 Å². The highest BCUT2D eigenvalue weighted by atomic mass is 79.9. The van der Waals surface area contributed by atoms with Crippen molar-refractivity contribution in [3.8, 4) is 0 Å². The van der Waals surface area contributed by atoms with E-state index < -0.39 is 9.05 Å². The van der Waals surface area contributed by atoms with E-state index in [0.29, 0.717) is 10.2 Å². The molecule has 17 heavy (non-hydrogen) atoms. The lowest BCUT2D eigenvalue weighted by Crippen LogP contribution is -2.17. The number of carbonyl (C=O) groups excluding carboxylic acids is 1. The molecule has 0 aliphatic carbocycles. The number of halogens is 2. The molecule has 0 fully saturated rings. The van der Waals surface area contributed by atoms with Crippen molar-refractivity contribution in [2.75, 3.05) is 5.32 Å². The van der Waals surface area contributed by atoms with Crippen LogP contribution in [0.5, 0.6) is 0 Å². The Morgan fingerprint density at radius 3 is 2.41 bits per heavy atom. The van der Waals surface area contributed by atoms with Crippen LogP contribution in [0.4, 0.5) is 5.69 Å². The number of anilines is 1. The zero-order valence-corrected chi connectivity index (χ0v) is 12.4. The number of amides is 1. The van der Waals surface area contributed by atoms with Gasteiger partial charge in [0, 0.05) is 26.8 Å². The van der Waals surface area contributed by atoms with E-state index in [-0.39, 0.29) is 16.7 Å². The Bertz CT molecular complexity index is 542. The molecule has 0 saturated carbocycles. The van der Waals surface area contributed by atoms with Crippen molar-refractivity contribution in [3.05, 3.63) is 22.7 Å². The van der Waals surface area contributed by atoms with Gasteiger partial charge in [-0.25, -0.2) is 8.42 Å². The van der Waals surface area contributed by atoms with Gasteiger partial charge in [-0.3, -0.25) is 4.79 Å². The van der Waals surface area contributed by atoms with Gasteiger partial charge in [0.05, 0.1) is 4.90 Å². The molecule has 0 aliphatic rings. The third-order valence-electron chi connectivity index (χ3n) is 1.99. The van der Waals surface area contributed by atoms with Crippen molar-refractivity contribution in [1.29, 1.82) is 0 Å². The maximum absolute atomic E-state index is 11.4. The molecular formula is C10H11BrClNO3S. The van der Waals surface area contributed by atoms with Crippen LogP contribution in [-0.4, -0.2) is 14.3 Å². The van der Waals surface area contributed by atoms with Crippen LogP contribution in [0.1, 0.15) is 13.8 Å². The molecule has 1 rings (SSSR count). The summed E-state index contributed by atoms with van der Waals surface area (Å²) in [5, 5.41) is 2.65. The fourth-order valence-electron chi connectivity index (χ4n) is 1.06. The predicted molar refractivity (Wildman–Crippen MR) is 70.6 cm³/mol. The lowest BCUT2D eigenvalue weighted by Gasteiger charge is -2.09. The lowest BCUT2D eigenvalue weighted by atomic mass is 10.2. The standard InChI is InChI=1S/C10H11BrClNO3S/c1-6(2)10(14)13-7-3-4-9(8(11)5-7)17(12,15)16/h3-6H,1-2H3,(H,13,14). The first-order valence-corrected chi connectivity index (χ1v) is 7.87. The van der Waals surface area contributed by atoms with E-state index in [4.69, 9.17) is 10.7 Å². The highest BCUT2D eigenvalue weighted by molar-refractivity contribution is 9.10. The maximum Gasteiger partial charge on any atom is 0.262 e. The minimum absolute atomic E-state index is 0.0262. The Morgan fingerprint density at radius 2 is 2.00 bits per heavy atom. The molecule has 1 aromatic carbocycles. The monoisotopic (exact) mass is 339 g/mol. The van der Waals surface area contributed by atoms with Crippen molar-refractivity contribution in [2.45, 2.75) is 18.7 Å². The van der Waals surface area contributed by atoms with Crippen LogP contribution >= 0.6 is 26.6 Å². The van der Waals surface area contributed by atoms with E-state index in [9.17, 15) is 13.2 Å². The summed E-state index contributed by atoms with van der Waals surface area (Å²) >= 11 is 3.09. The quantitative estimate of drug-likeness (QED) is 0.860. The lowest BCUT2D eigenvalue weighted by molar-refractivity contribution is -0.118. The molecule has 0 radical (unpaired) electrons. The molecule has 1 aromatic rings. The van der Waals surface area contributed by atoms with Crippen LogP contribution in [0.25, 0.3) is 0 Å². The third kappa shape index (κ3) is 3.97. The van der Waals surface area contributed by atoms with Crippen LogP contribution in [0.3, 0.4) is 0 Å². The van der Waals surface area contributed by atoms with Gasteiger partial charge in [0.25, 0.3) is 9.05 Å². The second kappa shape index (κ2) is 5.37. The molecule has 0 atom stereocenters. The summed E-state index contributed by atoms with van der Waals surface area (Å²) in [5.74, 6) is -0.288. The fraction of sp³-hybridized carbons (Fsp3) is 0.300. The summed E-state index contributed by atoms with van der Waals surface area (Å²) in [5.41, 5.74) is 0.514. The first kappa shape index (κ1) is 14.5. The summed E-state index contributed by atoms with van der Waals surface area (Å²) in [6, 6.07) is 4.32. The number of benzene rings is 1. The second-order valence-corrected chi connectivity index (χ2v) is 7.12.